The molecule has 1 aliphatic heterocycles. The van der Waals surface area contributed by atoms with Crippen LogP contribution < -0.4 is 4.74 Å². The van der Waals surface area contributed by atoms with Gasteiger partial charge in [-0.1, -0.05) is 29.7 Å². The van der Waals surface area contributed by atoms with Crippen molar-refractivity contribution in [1.29, 1.82) is 0 Å². The molecular weight excluding hydrogens is 546 g/mol. The van der Waals surface area contributed by atoms with Gasteiger partial charge in [-0.05, 0) is 49.4 Å². The number of ether oxygens (including phenoxy) is 1. The second-order valence-electron chi connectivity index (χ2n) is 10.4. The fourth-order valence-electron chi connectivity index (χ4n) is 5.96. The van der Waals surface area contributed by atoms with Gasteiger partial charge in [-0.15, -0.1) is 5.10 Å². The highest BCUT2D eigenvalue weighted by molar-refractivity contribution is 6.31. The van der Waals surface area contributed by atoms with Crippen LogP contribution in [0.2, 0.25) is 5.02 Å². The van der Waals surface area contributed by atoms with Crippen LogP contribution in [0.15, 0.2) is 24.5 Å². The molecule has 5 rings (SSSR count). The molecule has 0 radical (unpaired) electrons. The Morgan fingerprint density at radius 2 is 1.98 bits per heavy atom. The van der Waals surface area contributed by atoms with Gasteiger partial charge >= 0.3 is 5.97 Å². The lowest BCUT2D eigenvalue weighted by molar-refractivity contribution is -0.153. The third kappa shape index (κ3) is 5.41. The maximum atomic E-state index is 14.0. The summed E-state index contributed by atoms with van der Waals surface area (Å²) in [4.78, 5) is 27.8. The molecule has 1 fully saturated rings. The average molecular weight is 577 g/mol. The molecule has 1 aliphatic carbocycles. The molecule has 3 atom stereocenters. The smallest absolute Gasteiger partial charge is 0.307 e. The highest BCUT2D eigenvalue weighted by atomic mass is 35.5. The normalized spacial score (nSPS) is 20.9. The van der Waals surface area contributed by atoms with Crippen LogP contribution in [0.25, 0.3) is 0 Å². The first-order valence-corrected chi connectivity index (χ1v) is 13.7. The largest absolute Gasteiger partial charge is 0.487 e. The molecule has 0 bridgehead atoms. The quantitative estimate of drug-likeness (QED) is 0.419. The fraction of sp³-hybridized carbons (Fsp3) is 0.519. The van der Waals surface area contributed by atoms with Crippen LogP contribution in [0.5, 0.6) is 5.75 Å². The Balaban J connectivity index is 1.53. The minimum absolute atomic E-state index is 0.00991. The highest BCUT2D eigenvalue weighted by Crippen LogP contribution is 2.43. The first-order chi connectivity index (χ1) is 19.2. The van der Waals surface area contributed by atoms with Gasteiger partial charge in [0.1, 0.15) is 23.7 Å². The molecule has 0 unspecified atom stereocenters. The molecule has 214 valence electrons. The van der Waals surface area contributed by atoms with Crippen molar-refractivity contribution in [3.63, 3.8) is 0 Å². The van der Waals surface area contributed by atoms with E-state index in [0.717, 1.165) is 28.7 Å². The Bertz CT molecular complexity index is 1410. The van der Waals surface area contributed by atoms with Crippen LogP contribution in [0.4, 0.5) is 8.78 Å². The number of nitrogens with zero attached hydrogens (tertiary/aromatic N) is 6. The number of hydrogen-bond acceptors (Lipinski definition) is 6. The summed E-state index contributed by atoms with van der Waals surface area (Å²) in [5.74, 6) is -2.16. The number of halogens is 3. The van der Waals surface area contributed by atoms with E-state index in [1.807, 2.05) is 13.1 Å². The van der Waals surface area contributed by atoms with E-state index in [-0.39, 0.29) is 30.4 Å². The van der Waals surface area contributed by atoms with Crippen LogP contribution in [-0.4, -0.2) is 53.2 Å². The predicted molar refractivity (Wildman–Crippen MR) is 140 cm³/mol. The molecule has 2 aliphatic rings. The Kier molecular flexibility index (Phi) is 8.07. The van der Waals surface area contributed by atoms with Crippen molar-refractivity contribution < 1.29 is 28.2 Å². The molecule has 1 amide bonds. The third-order valence-electron chi connectivity index (χ3n) is 7.89. The van der Waals surface area contributed by atoms with Gasteiger partial charge in [0.25, 0.3) is 6.43 Å². The first kappa shape index (κ1) is 28.0. The number of aryl methyl sites for hydroxylation is 2. The maximum absolute atomic E-state index is 14.0. The van der Waals surface area contributed by atoms with Crippen molar-refractivity contribution in [2.75, 3.05) is 6.54 Å². The second kappa shape index (κ2) is 11.5. The number of aromatic nitrogens is 5. The minimum Gasteiger partial charge on any atom is -0.487 e. The van der Waals surface area contributed by atoms with E-state index in [9.17, 15) is 23.5 Å². The number of carbonyl (C=O) groups is 2. The summed E-state index contributed by atoms with van der Waals surface area (Å²) in [5, 5.41) is 22.3. The Morgan fingerprint density at radius 1 is 1.23 bits per heavy atom. The van der Waals surface area contributed by atoms with E-state index in [1.54, 1.807) is 27.9 Å². The zero-order valence-corrected chi connectivity index (χ0v) is 23.0. The molecule has 1 N–H and O–H groups in total. The molecule has 40 heavy (non-hydrogen) atoms. The topological polar surface area (TPSA) is 115 Å². The maximum Gasteiger partial charge on any atom is 0.307 e. The average Bonchev–Trinajstić information content (AvgIpc) is 3.52. The van der Waals surface area contributed by atoms with Gasteiger partial charge in [0.2, 0.25) is 5.91 Å². The lowest BCUT2D eigenvalue weighted by atomic mass is 9.77. The Morgan fingerprint density at radius 3 is 2.65 bits per heavy atom. The van der Waals surface area contributed by atoms with E-state index in [0.29, 0.717) is 42.1 Å². The molecule has 3 heterocycles. The summed E-state index contributed by atoms with van der Waals surface area (Å²) >= 11 is 6.63. The van der Waals surface area contributed by atoms with Crippen molar-refractivity contribution >= 4 is 23.5 Å². The highest BCUT2D eigenvalue weighted by Gasteiger charge is 2.42. The number of carboxylic acids is 1. The van der Waals surface area contributed by atoms with Gasteiger partial charge in [-0.2, -0.15) is 5.10 Å². The SMILES string of the molecule is Cc1cnn(C[C@@H]2c3c(OCc4nnn(C)c4C(F)F)ccc(Cl)c3CCN2C(=O)[C@@H]2CCCC[C@@H]2C(=O)O)c1. The van der Waals surface area contributed by atoms with Gasteiger partial charge in [0.05, 0.1) is 30.6 Å². The molecular formula is C27H31ClF2N6O4. The summed E-state index contributed by atoms with van der Waals surface area (Å²) in [5.41, 5.74) is 2.07. The third-order valence-corrected chi connectivity index (χ3v) is 8.25. The van der Waals surface area contributed by atoms with Crippen molar-refractivity contribution in [3.8, 4) is 5.75 Å². The molecule has 1 aromatic carbocycles. The van der Waals surface area contributed by atoms with E-state index >= 15 is 0 Å². The molecule has 3 aromatic rings. The van der Waals surface area contributed by atoms with Crippen molar-refractivity contribution in [2.24, 2.45) is 18.9 Å². The van der Waals surface area contributed by atoms with Gasteiger partial charge in [0.15, 0.2) is 0 Å². The minimum atomic E-state index is -2.78. The zero-order chi connectivity index (χ0) is 28.6. The number of amides is 1. The number of rotatable bonds is 8. The standard InChI is InChI=1S/C27H31ClF2N6O4/c1-15-11-31-35(12-15)13-21-23-18(9-10-36(21)26(37)16-5-3-4-6-17(16)27(38)39)19(28)7-8-22(23)40-14-20-24(25(29)30)34(2)33-32-20/h7-8,11-12,16-17,21,25H,3-6,9-10,13-14H2,1-2H3,(H,38,39)/t16-,17+,21-/m1/s1. The van der Waals surface area contributed by atoms with E-state index in [1.165, 1.54) is 7.05 Å². The first-order valence-electron chi connectivity index (χ1n) is 13.3. The Hall–Kier alpha value is -3.54. The Labute approximate surface area is 234 Å². The van der Waals surface area contributed by atoms with Gasteiger partial charge < -0.3 is 14.7 Å². The van der Waals surface area contributed by atoms with Crippen LogP contribution in [0.1, 0.15) is 66.2 Å². The number of alkyl halides is 2. The summed E-state index contributed by atoms with van der Waals surface area (Å²) in [6.45, 7) is 2.28. The van der Waals surface area contributed by atoms with Gasteiger partial charge in [0, 0.05) is 30.4 Å². The molecule has 2 aromatic heterocycles. The van der Waals surface area contributed by atoms with Gasteiger partial charge in [-0.25, -0.2) is 13.5 Å². The number of hydrogen-bond donors (Lipinski definition) is 1. The number of carboxylic acid groups (broad SMARTS) is 1. The lowest BCUT2D eigenvalue weighted by Gasteiger charge is -2.41. The fourth-order valence-corrected chi connectivity index (χ4v) is 6.22. The molecule has 0 spiro atoms. The van der Waals surface area contributed by atoms with Crippen molar-refractivity contribution in [1.82, 2.24) is 29.7 Å². The van der Waals surface area contributed by atoms with Crippen molar-refractivity contribution in [2.45, 2.75) is 64.6 Å². The summed E-state index contributed by atoms with van der Waals surface area (Å²) in [6, 6.07) is 2.78. The number of carbonyl (C=O) groups excluding carboxylic acids is 1. The van der Waals surface area contributed by atoms with Gasteiger partial charge in [-0.3, -0.25) is 14.3 Å². The number of fused-ring (bicyclic) bond motifs is 1. The number of aliphatic carboxylic acids is 1. The molecule has 13 heteroatoms. The molecule has 10 nitrogen and oxygen atoms in total. The van der Waals surface area contributed by atoms with Crippen LogP contribution >= 0.6 is 11.6 Å². The summed E-state index contributed by atoms with van der Waals surface area (Å²) in [6.07, 6.45) is 3.76. The zero-order valence-electron chi connectivity index (χ0n) is 22.3. The van der Waals surface area contributed by atoms with Crippen LogP contribution in [0.3, 0.4) is 0 Å². The van der Waals surface area contributed by atoms with E-state index < -0.39 is 30.3 Å². The van der Waals surface area contributed by atoms with Crippen LogP contribution in [-0.2, 0) is 36.2 Å². The lowest BCUT2D eigenvalue weighted by Crippen LogP contribution is -2.48. The predicted octanol–water partition coefficient (Wildman–Crippen LogP) is 4.51. The summed E-state index contributed by atoms with van der Waals surface area (Å²) in [7, 11) is 1.39. The molecule has 1 saturated carbocycles. The summed E-state index contributed by atoms with van der Waals surface area (Å²) < 4.78 is 36.1. The van der Waals surface area contributed by atoms with Crippen LogP contribution in [0, 0.1) is 18.8 Å². The van der Waals surface area contributed by atoms with E-state index in [2.05, 4.69) is 15.4 Å². The monoisotopic (exact) mass is 576 g/mol. The molecule has 0 saturated heterocycles. The van der Waals surface area contributed by atoms with E-state index in [4.69, 9.17) is 16.3 Å². The second-order valence-corrected chi connectivity index (χ2v) is 10.9. The number of benzene rings is 1. The van der Waals surface area contributed by atoms with Crippen molar-refractivity contribution in [3.05, 3.63) is 57.6 Å².